The molecule has 0 aromatic heterocycles. The Morgan fingerprint density at radius 1 is 1.09 bits per heavy atom. The van der Waals surface area contributed by atoms with Crippen LogP contribution in [0.3, 0.4) is 0 Å². The van der Waals surface area contributed by atoms with Crippen LogP contribution in [-0.4, -0.2) is 15.9 Å². The van der Waals surface area contributed by atoms with Gasteiger partial charge in [-0.15, -0.1) is 0 Å². The van der Waals surface area contributed by atoms with Gasteiger partial charge >= 0.3 is 0 Å². The van der Waals surface area contributed by atoms with Crippen LogP contribution in [0.1, 0.15) is 15.9 Å². The Labute approximate surface area is 154 Å². The number of amides is 1. The second-order valence-electron chi connectivity index (χ2n) is 4.97. The molecular weight excluding hydrogens is 378 g/mol. The molecule has 2 aromatic carbocycles. The monoisotopic (exact) mass is 390 g/mol. The number of hydrogen-bond acceptors (Lipinski definition) is 2. The number of nitrogens with one attached hydrogen (secondary N) is 2. The highest BCUT2D eigenvalue weighted by Gasteiger charge is 2.34. The summed E-state index contributed by atoms with van der Waals surface area (Å²) in [6.45, 7) is 1.90. The molecule has 0 aliphatic rings. The van der Waals surface area contributed by atoms with Gasteiger partial charge in [-0.2, -0.15) is 0 Å². The van der Waals surface area contributed by atoms with Crippen molar-refractivity contribution in [3.8, 4) is 0 Å². The number of carbonyl (C=O) groups excluding carboxylic acids is 1. The van der Waals surface area contributed by atoms with Crippen LogP contribution in [0.4, 0.5) is 5.69 Å². The Bertz CT molecular complexity index is 700. The number of aryl methyl sites for hydroxylation is 1. The number of halogens is 4. The van der Waals surface area contributed by atoms with E-state index in [-0.39, 0.29) is 5.91 Å². The predicted octanol–water partition coefficient (Wildman–Crippen LogP) is 5.19. The highest BCUT2D eigenvalue weighted by Crippen LogP contribution is 2.31. The molecule has 7 heteroatoms. The van der Waals surface area contributed by atoms with Gasteiger partial charge in [0.1, 0.15) is 6.17 Å². The molecule has 1 amide bonds. The van der Waals surface area contributed by atoms with Crippen molar-refractivity contribution in [1.82, 2.24) is 5.32 Å². The molecule has 23 heavy (non-hydrogen) atoms. The lowest BCUT2D eigenvalue weighted by molar-refractivity contribution is 0.0942. The van der Waals surface area contributed by atoms with Crippen molar-refractivity contribution >= 4 is 58.0 Å². The minimum atomic E-state index is -1.75. The lowest BCUT2D eigenvalue weighted by Gasteiger charge is -2.27. The van der Waals surface area contributed by atoms with E-state index in [0.717, 1.165) is 5.56 Å². The van der Waals surface area contributed by atoms with Gasteiger partial charge in [0.05, 0.1) is 0 Å². The summed E-state index contributed by atoms with van der Waals surface area (Å²) in [6, 6.07) is 14.0. The Morgan fingerprint density at radius 2 is 1.78 bits per heavy atom. The Balaban J connectivity index is 2.18. The predicted molar refractivity (Wildman–Crippen MR) is 97.8 cm³/mol. The number of alkyl halides is 3. The minimum absolute atomic E-state index is 0.348. The maximum Gasteiger partial charge on any atom is 0.252 e. The van der Waals surface area contributed by atoms with E-state index in [4.69, 9.17) is 46.4 Å². The first-order valence-corrected chi connectivity index (χ1v) is 8.23. The fraction of sp³-hybridized carbons (Fsp3) is 0.188. The van der Waals surface area contributed by atoms with Gasteiger partial charge in [-0.25, -0.2) is 0 Å². The molecule has 0 aliphatic heterocycles. The molecule has 0 heterocycles. The van der Waals surface area contributed by atoms with E-state index in [2.05, 4.69) is 10.6 Å². The molecule has 0 saturated heterocycles. The van der Waals surface area contributed by atoms with Crippen molar-refractivity contribution in [1.29, 1.82) is 0 Å². The summed E-state index contributed by atoms with van der Waals surface area (Å²) in [5, 5.41) is 6.17. The molecule has 0 fully saturated rings. The van der Waals surface area contributed by atoms with Crippen LogP contribution in [0.5, 0.6) is 0 Å². The summed E-state index contributed by atoms with van der Waals surface area (Å²) in [7, 11) is 0. The summed E-state index contributed by atoms with van der Waals surface area (Å²) in [4.78, 5) is 12.4. The Kier molecular flexibility index (Phi) is 6.04. The zero-order valence-electron chi connectivity index (χ0n) is 12.1. The van der Waals surface area contributed by atoms with E-state index in [0.29, 0.717) is 16.3 Å². The van der Waals surface area contributed by atoms with Gasteiger partial charge in [-0.1, -0.05) is 70.2 Å². The van der Waals surface area contributed by atoms with Crippen LogP contribution in [0, 0.1) is 6.92 Å². The van der Waals surface area contributed by atoms with Crippen molar-refractivity contribution in [3.63, 3.8) is 0 Å². The van der Waals surface area contributed by atoms with E-state index < -0.39 is 9.96 Å². The van der Waals surface area contributed by atoms with Crippen molar-refractivity contribution in [2.45, 2.75) is 16.9 Å². The number of hydrogen-bond donors (Lipinski definition) is 2. The van der Waals surface area contributed by atoms with Gasteiger partial charge in [0, 0.05) is 16.3 Å². The molecule has 2 rings (SSSR count). The first-order valence-electron chi connectivity index (χ1n) is 6.72. The number of anilines is 1. The number of carbonyl (C=O) groups is 1. The average molecular weight is 392 g/mol. The zero-order chi connectivity index (χ0) is 17.0. The summed E-state index contributed by atoms with van der Waals surface area (Å²) in [6.07, 6.45) is -0.932. The lowest BCUT2D eigenvalue weighted by atomic mass is 10.1. The minimum Gasteiger partial charge on any atom is -0.362 e. The summed E-state index contributed by atoms with van der Waals surface area (Å²) >= 11 is 23.9. The molecule has 0 saturated carbocycles. The molecule has 122 valence electrons. The van der Waals surface area contributed by atoms with E-state index in [1.165, 1.54) is 0 Å². The summed E-state index contributed by atoms with van der Waals surface area (Å²) < 4.78 is -1.75. The molecule has 2 aromatic rings. The first-order chi connectivity index (χ1) is 10.8. The largest absolute Gasteiger partial charge is 0.362 e. The van der Waals surface area contributed by atoms with E-state index >= 15 is 0 Å². The number of benzene rings is 2. The Morgan fingerprint density at radius 3 is 2.39 bits per heavy atom. The van der Waals surface area contributed by atoms with E-state index in [9.17, 15) is 4.79 Å². The smallest absolute Gasteiger partial charge is 0.252 e. The van der Waals surface area contributed by atoms with Crippen molar-refractivity contribution in [2.75, 3.05) is 5.32 Å². The summed E-state index contributed by atoms with van der Waals surface area (Å²) in [5.41, 5.74) is 2.07. The number of rotatable bonds is 4. The van der Waals surface area contributed by atoms with Crippen LogP contribution in [0.15, 0.2) is 48.5 Å². The van der Waals surface area contributed by atoms with Crippen LogP contribution in [0.25, 0.3) is 0 Å². The molecule has 0 spiro atoms. The fourth-order valence-corrected chi connectivity index (χ4v) is 2.46. The normalized spacial score (nSPS) is 12.6. The highest BCUT2D eigenvalue weighted by atomic mass is 35.6. The highest BCUT2D eigenvalue weighted by molar-refractivity contribution is 6.68. The van der Waals surface area contributed by atoms with Crippen LogP contribution in [0.2, 0.25) is 5.02 Å². The molecule has 0 unspecified atom stereocenters. The second-order valence-corrected chi connectivity index (χ2v) is 7.78. The van der Waals surface area contributed by atoms with Crippen LogP contribution >= 0.6 is 46.4 Å². The van der Waals surface area contributed by atoms with Gasteiger partial charge in [-0.05, 0) is 37.3 Å². The molecule has 2 N–H and O–H groups in total. The quantitative estimate of drug-likeness (QED) is 0.556. The Hall–Kier alpha value is -1.13. The van der Waals surface area contributed by atoms with E-state index in [1.54, 1.807) is 42.5 Å². The first kappa shape index (κ1) is 18.2. The van der Waals surface area contributed by atoms with Gasteiger partial charge in [0.25, 0.3) is 5.91 Å². The molecule has 0 bridgehead atoms. The second kappa shape index (κ2) is 7.63. The average Bonchev–Trinajstić information content (AvgIpc) is 2.45. The SMILES string of the molecule is Cc1cccc(C(=O)N[C@H](Nc2cccc(Cl)c2)C(Cl)(Cl)Cl)c1. The third-order valence-electron chi connectivity index (χ3n) is 3.02. The molecule has 0 radical (unpaired) electrons. The fourth-order valence-electron chi connectivity index (χ4n) is 1.95. The van der Waals surface area contributed by atoms with Gasteiger partial charge < -0.3 is 10.6 Å². The van der Waals surface area contributed by atoms with Crippen molar-refractivity contribution in [3.05, 3.63) is 64.7 Å². The zero-order valence-corrected chi connectivity index (χ0v) is 15.1. The maximum absolute atomic E-state index is 12.4. The van der Waals surface area contributed by atoms with Gasteiger partial charge in [0.15, 0.2) is 0 Å². The molecule has 3 nitrogen and oxygen atoms in total. The van der Waals surface area contributed by atoms with Crippen LogP contribution in [-0.2, 0) is 0 Å². The lowest BCUT2D eigenvalue weighted by Crippen LogP contribution is -2.49. The third-order valence-corrected chi connectivity index (χ3v) is 3.91. The molecule has 0 aliphatic carbocycles. The summed E-state index contributed by atoms with van der Waals surface area (Å²) in [5.74, 6) is -0.348. The van der Waals surface area contributed by atoms with Gasteiger partial charge in [-0.3, -0.25) is 4.79 Å². The standard InChI is InChI=1S/C16H14Cl4N2O/c1-10-4-2-5-11(8-10)14(23)22-15(16(18,19)20)21-13-7-3-6-12(17)9-13/h2-9,15,21H,1H3,(H,22,23)/t15-/m0/s1. The maximum atomic E-state index is 12.4. The van der Waals surface area contributed by atoms with Crippen molar-refractivity contribution in [2.24, 2.45) is 0 Å². The van der Waals surface area contributed by atoms with E-state index in [1.807, 2.05) is 13.0 Å². The van der Waals surface area contributed by atoms with Crippen molar-refractivity contribution < 1.29 is 4.79 Å². The molecule has 1 atom stereocenters. The topological polar surface area (TPSA) is 41.1 Å². The molecular formula is C16H14Cl4N2O. The van der Waals surface area contributed by atoms with Crippen LogP contribution < -0.4 is 10.6 Å². The van der Waals surface area contributed by atoms with Gasteiger partial charge in [0.2, 0.25) is 3.79 Å². The third kappa shape index (κ3) is 5.47.